The van der Waals surface area contributed by atoms with Gasteiger partial charge in [-0.15, -0.1) is 0 Å². The number of β-amino-alcohol motifs (C(OH)–C–C–N with tert-alkyl or cyclic N) is 1. The standard InChI is InChI=1S/C9H17NO2/c1-12-7-9-3-2-4-10(9)6-8(11)5-9/h8,11H,2-7H2,1H3/t8-,9?/m1/s1. The molecule has 0 aromatic heterocycles. The second-order valence-electron chi connectivity index (χ2n) is 4.06. The van der Waals surface area contributed by atoms with E-state index < -0.39 is 0 Å². The molecule has 2 saturated heterocycles. The maximum atomic E-state index is 9.53. The van der Waals surface area contributed by atoms with E-state index in [1.54, 1.807) is 7.11 Å². The fraction of sp³-hybridized carbons (Fsp3) is 1.00. The highest BCUT2D eigenvalue weighted by Crippen LogP contribution is 2.38. The summed E-state index contributed by atoms with van der Waals surface area (Å²) in [4.78, 5) is 2.39. The molecule has 70 valence electrons. The molecule has 2 aliphatic rings. The highest BCUT2D eigenvalue weighted by atomic mass is 16.5. The molecule has 0 bridgehead atoms. The van der Waals surface area contributed by atoms with Gasteiger partial charge in [0.2, 0.25) is 0 Å². The first-order chi connectivity index (χ1) is 5.77. The normalized spacial score (nSPS) is 42.0. The Labute approximate surface area is 73.3 Å². The van der Waals surface area contributed by atoms with Crippen molar-refractivity contribution in [2.24, 2.45) is 0 Å². The molecule has 0 saturated carbocycles. The number of rotatable bonds is 2. The lowest BCUT2D eigenvalue weighted by atomic mass is 9.94. The van der Waals surface area contributed by atoms with E-state index in [-0.39, 0.29) is 11.6 Å². The molecule has 2 rings (SSSR count). The SMILES string of the molecule is COCC12CCCN1C[C@H](O)C2. The van der Waals surface area contributed by atoms with Crippen LogP contribution in [-0.4, -0.2) is 48.5 Å². The summed E-state index contributed by atoms with van der Waals surface area (Å²) in [5, 5.41) is 9.53. The molecule has 0 spiro atoms. The molecule has 2 heterocycles. The number of hydrogen-bond acceptors (Lipinski definition) is 3. The summed E-state index contributed by atoms with van der Waals surface area (Å²) in [6.07, 6.45) is 3.23. The van der Waals surface area contributed by atoms with Crippen LogP contribution in [0.25, 0.3) is 0 Å². The van der Waals surface area contributed by atoms with Crippen LogP contribution in [0.1, 0.15) is 19.3 Å². The van der Waals surface area contributed by atoms with E-state index in [4.69, 9.17) is 4.74 Å². The van der Waals surface area contributed by atoms with E-state index in [1.165, 1.54) is 12.8 Å². The molecule has 0 amide bonds. The fourth-order valence-corrected chi connectivity index (χ4v) is 2.76. The van der Waals surface area contributed by atoms with E-state index in [2.05, 4.69) is 4.90 Å². The van der Waals surface area contributed by atoms with Crippen LogP contribution in [0.3, 0.4) is 0 Å². The summed E-state index contributed by atoms with van der Waals surface area (Å²) in [5.41, 5.74) is 0.189. The zero-order chi connectivity index (χ0) is 8.60. The molecule has 3 nitrogen and oxygen atoms in total. The van der Waals surface area contributed by atoms with E-state index in [0.29, 0.717) is 0 Å². The Balaban J connectivity index is 2.09. The maximum Gasteiger partial charge on any atom is 0.0685 e. The van der Waals surface area contributed by atoms with Crippen molar-refractivity contribution in [3.63, 3.8) is 0 Å². The second kappa shape index (κ2) is 2.98. The minimum atomic E-state index is -0.125. The van der Waals surface area contributed by atoms with Gasteiger partial charge >= 0.3 is 0 Å². The van der Waals surface area contributed by atoms with Gasteiger partial charge in [-0.2, -0.15) is 0 Å². The lowest BCUT2D eigenvalue weighted by Crippen LogP contribution is -2.42. The quantitative estimate of drug-likeness (QED) is 0.645. The summed E-state index contributed by atoms with van der Waals surface area (Å²) >= 11 is 0. The van der Waals surface area contributed by atoms with Crippen molar-refractivity contribution >= 4 is 0 Å². The van der Waals surface area contributed by atoms with Gasteiger partial charge in [0.05, 0.1) is 12.7 Å². The lowest BCUT2D eigenvalue weighted by molar-refractivity contribution is 0.0646. The zero-order valence-corrected chi connectivity index (χ0v) is 7.62. The van der Waals surface area contributed by atoms with Crippen LogP contribution in [0, 0.1) is 0 Å². The number of aliphatic hydroxyl groups is 1. The molecule has 12 heavy (non-hydrogen) atoms. The highest BCUT2D eigenvalue weighted by Gasteiger charge is 2.47. The van der Waals surface area contributed by atoms with Gasteiger partial charge in [0.25, 0.3) is 0 Å². The van der Waals surface area contributed by atoms with Crippen LogP contribution in [0.5, 0.6) is 0 Å². The van der Waals surface area contributed by atoms with Gasteiger partial charge in [0, 0.05) is 19.2 Å². The predicted molar refractivity (Wildman–Crippen MR) is 46.0 cm³/mol. The van der Waals surface area contributed by atoms with Gasteiger partial charge in [0.15, 0.2) is 0 Å². The molecule has 1 N–H and O–H groups in total. The third kappa shape index (κ3) is 1.16. The van der Waals surface area contributed by atoms with Crippen molar-refractivity contribution in [2.75, 3.05) is 26.8 Å². The Morgan fingerprint density at radius 2 is 2.50 bits per heavy atom. The van der Waals surface area contributed by atoms with E-state index >= 15 is 0 Å². The number of hydrogen-bond donors (Lipinski definition) is 1. The van der Waals surface area contributed by atoms with Gasteiger partial charge in [-0.05, 0) is 25.8 Å². The molecule has 2 aliphatic heterocycles. The van der Waals surface area contributed by atoms with Crippen molar-refractivity contribution in [1.82, 2.24) is 4.90 Å². The molecule has 2 atom stereocenters. The molecule has 1 unspecified atom stereocenters. The zero-order valence-electron chi connectivity index (χ0n) is 7.62. The van der Waals surface area contributed by atoms with Crippen LogP contribution >= 0.6 is 0 Å². The molecular formula is C9H17NO2. The first kappa shape index (κ1) is 8.48. The molecule has 0 aliphatic carbocycles. The van der Waals surface area contributed by atoms with E-state index in [0.717, 1.165) is 26.1 Å². The molecule has 3 heteroatoms. The highest BCUT2D eigenvalue weighted by molar-refractivity contribution is 5.03. The third-order valence-corrected chi connectivity index (χ3v) is 3.20. The number of methoxy groups -OCH3 is 1. The Morgan fingerprint density at radius 3 is 3.25 bits per heavy atom. The van der Waals surface area contributed by atoms with Crippen molar-refractivity contribution in [3.8, 4) is 0 Å². The number of fused-ring (bicyclic) bond motifs is 1. The summed E-state index contributed by atoms with van der Waals surface area (Å²) < 4.78 is 5.23. The van der Waals surface area contributed by atoms with Gasteiger partial charge in [-0.1, -0.05) is 0 Å². The average molecular weight is 171 g/mol. The van der Waals surface area contributed by atoms with Crippen LogP contribution in [-0.2, 0) is 4.74 Å². The second-order valence-corrected chi connectivity index (χ2v) is 4.06. The number of ether oxygens (including phenoxy) is 1. The van der Waals surface area contributed by atoms with E-state index in [1.807, 2.05) is 0 Å². The average Bonchev–Trinajstić information content (AvgIpc) is 2.44. The van der Waals surface area contributed by atoms with Crippen molar-refractivity contribution < 1.29 is 9.84 Å². The van der Waals surface area contributed by atoms with Gasteiger partial charge in [0.1, 0.15) is 0 Å². The van der Waals surface area contributed by atoms with Crippen LogP contribution < -0.4 is 0 Å². The van der Waals surface area contributed by atoms with Crippen molar-refractivity contribution in [3.05, 3.63) is 0 Å². The third-order valence-electron chi connectivity index (χ3n) is 3.20. The Morgan fingerprint density at radius 1 is 1.67 bits per heavy atom. The topological polar surface area (TPSA) is 32.7 Å². The Kier molecular flexibility index (Phi) is 2.10. The lowest BCUT2D eigenvalue weighted by Gasteiger charge is -2.30. The van der Waals surface area contributed by atoms with Crippen LogP contribution in [0.15, 0.2) is 0 Å². The first-order valence-corrected chi connectivity index (χ1v) is 4.69. The van der Waals surface area contributed by atoms with Crippen LogP contribution in [0.2, 0.25) is 0 Å². The van der Waals surface area contributed by atoms with Gasteiger partial charge in [-0.25, -0.2) is 0 Å². The van der Waals surface area contributed by atoms with E-state index in [9.17, 15) is 5.11 Å². The Hall–Kier alpha value is -0.120. The van der Waals surface area contributed by atoms with Crippen molar-refractivity contribution in [2.45, 2.75) is 30.9 Å². The van der Waals surface area contributed by atoms with Gasteiger partial charge < -0.3 is 9.84 Å². The van der Waals surface area contributed by atoms with Crippen molar-refractivity contribution in [1.29, 1.82) is 0 Å². The summed E-state index contributed by atoms with van der Waals surface area (Å²) in [6, 6.07) is 0. The molecule has 0 aromatic rings. The molecule has 0 radical (unpaired) electrons. The minimum Gasteiger partial charge on any atom is -0.392 e. The smallest absolute Gasteiger partial charge is 0.0685 e. The molecule has 0 aromatic carbocycles. The van der Waals surface area contributed by atoms with Gasteiger partial charge in [-0.3, -0.25) is 4.90 Å². The fourth-order valence-electron chi connectivity index (χ4n) is 2.76. The van der Waals surface area contributed by atoms with Crippen LogP contribution in [0.4, 0.5) is 0 Å². The molecular weight excluding hydrogens is 154 g/mol. The monoisotopic (exact) mass is 171 g/mol. The largest absolute Gasteiger partial charge is 0.392 e. The first-order valence-electron chi connectivity index (χ1n) is 4.69. The molecule has 2 fully saturated rings. The number of nitrogens with zero attached hydrogens (tertiary/aromatic N) is 1. The minimum absolute atomic E-state index is 0.125. The summed E-state index contributed by atoms with van der Waals surface area (Å²) in [6.45, 7) is 2.77. The maximum absolute atomic E-state index is 9.53. The number of aliphatic hydroxyl groups excluding tert-OH is 1. The predicted octanol–water partition coefficient (Wildman–Crippen LogP) is 0.232. The Bertz CT molecular complexity index is 174. The summed E-state index contributed by atoms with van der Waals surface area (Å²) in [7, 11) is 1.75. The summed E-state index contributed by atoms with van der Waals surface area (Å²) in [5.74, 6) is 0.